The second-order valence-corrected chi connectivity index (χ2v) is 6.06. The first-order valence-corrected chi connectivity index (χ1v) is 7.54. The third-order valence-electron chi connectivity index (χ3n) is 3.00. The lowest BCUT2D eigenvalue weighted by Gasteiger charge is -2.20. The number of para-hydroxylation sites is 1. The summed E-state index contributed by atoms with van der Waals surface area (Å²) < 4.78 is 6.29. The molecule has 0 fully saturated rings. The molecule has 0 spiro atoms. The van der Waals surface area contributed by atoms with Crippen LogP contribution in [-0.4, -0.2) is 13.7 Å². The highest BCUT2D eigenvalue weighted by atomic mass is 35.5. The monoisotopic (exact) mass is 295 g/mol. The molecule has 0 bridgehead atoms. The van der Waals surface area contributed by atoms with E-state index in [-0.39, 0.29) is 6.04 Å². The molecule has 2 rings (SSSR count). The van der Waals surface area contributed by atoms with Gasteiger partial charge < -0.3 is 10.1 Å². The van der Waals surface area contributed by atoms with Crippen molar-refractivity contribution < 1.29 is 4.74 Å². The van der Waals surface area contributed by atoms with E-state index in [0.717, 1.165) is 23.1 Å². The molecule has 0 radical (unpaired) electrons. The lowest BCUT2D eigenvalue weighted by atomic mass is 10.0. The molecule has 2 aromatic rings. The first-order chi connectivity index (χ1) is 9.24. The molecule has 4 heteroatoms. The van der Waals surface area contributed by atoms with E-state index in [1.165, 1.54) is 10.4 Å². The summed E-state index contributed by atoms with van der Waals surface area (Å²) in [6.45, 7) is 3.03. The Labute approximate surface area is 123 Å². The maximum absolute atomic E-state index is 6.00. The third kappa shape index (κ3) is 3.72. The lowest BCUT2D eigenvalue weighted by molar-refractivity contribution is 0.399. The average molecular weight is 296 g/mol. The van der Waals surface area contributed by atoms with Crippen LogP contribution in [0, 0.1) is 0 Å². The van der Waals surface area contributed by atoms with Crippen LogP contribution in [-0.2, 0) is 6.42 Å². The Kier molecular flexibility index (Phi) is 5.25. The zero-order valence-corrected chi connectivity index (χ0v) is 12.7. The van der Waals surface area contributed by atoms with Crippen molar-refractivity contribution in [2.45, 2.75) is 19.4 Å². The fourth-order valence-electron chi connectivity index (χ4n) is 2.16. The zero-order chi connectivity index (χ0) is 13.7. The van der Waals surface area contributed by atoms with Gasteiger partial charge in [0.05, 0.1) is 11.4 Å². The molecule has 0 aliphatic rings. The van der Waals surface area contributed by atoms with Crippen LogP contribution >= 0.6 is 22.9 Å². The van der Waals surface area contributed by atoms with Crippen LogP contribution in [0.5, 0.6) is 5.75 Å². The van der Waals surface area contributed by atoms with Gasteiger partial charge >= 0.3 is 0 Å². The Balaban J connectivity index is 2.23. The van der Waals surface area contributed by atoms with Crippen molar-refractivity contribution in [1.29, 1.82) is 0 Å². The number of thiophene rings is 1. The van der Waals surface area contributed by atoms with E-state index in [1.54, 1.807) is 18.4 Å². The first-order valence-electron chi connectivity index (χ1n) is 6.35. The van der Waals surface area contributed by atoms with Crippen LogP contribution in [0.15, 0.2) is 36.4 Å². The van der Waals surface area contributed by atoms with Gasteiger partial charge in [0.15, 0.2) is 0 Å². The van der Waals surface area contributed by atoms with Crippen LogP contribution < -0.4 is 10.1 Å². The Morgan fingerprint density at radius 1 is 1.26 bits per heavy atom. The van der Waals surface area contributed by atoms with Crippen LogP contribution in [0.1, 0.15) is 23.4 Å². The van der Waals surface area contributed by atoms with Gasteiger partial charge in [0.2, 0.25) is 0 Å². The summed E-state index contributed by atoms with van der Waals surface area (Å²) in [7, 11) is 1.71. The molecule has 0 saturated carbocycles. The number of nitrogens with one attached hydrogen (secondary N) is 1. The Morgan fingerprint density at radius 3 is 2.68 bits per heavy atom. The van der Waals surface area contributed by atoms with Crippen molar-refractivity contribution in [3.8, 4) is 5.75 Å². The van der Waals surface area contributed by atoms with Gasteiger partial charge in [-0.1, -0.05) is 36.7 Å². The Bertz CT molecular complexity index is 526. The first kappa shape index (κ1) is 14.4. The van der Waals surface area contributed by atoms with Crippen molar-refractivity contribution >= 4 is 22.9 Å². The summed E-state index contributed by atoms with van der Waals surface area (Å²) in [6.07, 6.45) is 0.922. The minimum Gasteiger partial charge on any atom is -0.496 e. The number of benzene rings is 1. The topological polar surface area (TPSA) is 21.3 Å². The second-order valence-electron chi connectivity index (χ2n) is 4.26. The van der Waals surface area contributed by atoms with Crippen molar-refractivity contribution in [1.82, 2.24) is 5.32 Å². The van der Waals surface area contributed by atoms with E-state index in [0.29, 0.717) is 0 Å². The normalized spacial score (nSPS) is 12.4. The molecule has 1 aromatic heterocycles. The molecule has 1 atom stereocenters. The molecule has 102 valence electrons. The predicted molar refractivity (Wildman–Crippen MR) is 82.4 cm³/mol. The van der Waals surface area contributed by atoms with Crippen molar-refractivity contribution in [3.63, 3.8) is 0 Å². The van der Waals surface area contributed by atoms with Gasteiger partial charge in [-0.25, -0.2) is 0 Å². The minimum absolute atomic E-state index is 0.246. The van der Waals surface area contributed by atoms with Crippen LogP contribution in [0.3, 0.4) is 0 Å². The van der Waals surface area contributed by atoms with Crippen molar-refractivity contribution in [2.24, 2.45) is 0 Å². The van der Waals surface area contributed by atoms with Crippen molar-refractivity contribution in [2.75, 3.05) is 13.7 Å². The number of halogens is 1. The lowest BCUT2D eigenvalue weighted by Crippen LogP contribution is -2.23. The molecule has 1 unspecified atom stereocenters. The van der Waals surface area contributed by atoms with Gasteiger partial charge in [0.25, 0.3) is 0 Å². The van der Waals surface area contributed by atoms with Crippen LogP contribution in [0.25, 0.3) is 0 Å². The van der Waals surface area contributed by atoms with E-state index in [4.69, 9.17) is 16.3 Å². The summed E-state index contributed by atoms with van der Waals surface area (Å²) in [4.78, 5) is 1.28. The summed E-state index contributed by atoms with van der Waals surface area (Å²) >= 11 is 7.63. The second kappa shape index (κ2) is 6.94. The van der Waals surface area contributed by atoms with Crippen LogP contribution in [0.4, 0.5) is 0 Å². The number of ether oxygens (including phenoxy) is 1. The zero-order valence-electron chi connectivity index (χ0n) is 11.2. The van der Waals surface area contributed by atoms with Gasteiger partial charge in [-0.3, -0.25) is 0 Å². The molecule has 0 saturated heterocycles. The highest BCUT2D eigenvalue weighted by molar-refractivity contribution is 7.16. The van der Waals surface area contributed by atoms with E-state index < -0.39 is 0 Å². The molecule has 0 aliphatic carbocycles. The smallest absolute Gasteiger partial charge is 0.123 e. The summed E-state index contributed by atoms with van der Waals surface area (Å²) in [5.74, 6) is 0.927. The van der Waals surface area contributed by atoms with Gasteiger partial charge in [-0.05, 0) is 24.7 Å². The number of hydrogen-bond donors (Lipinski definition) is 1. The van der Waals surface area contributed by atoms with Gasteiger partial charge in [0.1, 0.15) is 5.75 Å². The molecule has 2 nitrogen and oxygen atoms in total. The van der Waals surface area contributed by atoms with E-state index in [1.807, 2.05) is 24.3 Å². The van der Waals surface area contributed by atoms with Gasteiger partial charge in [-0.2, -0.15) is 0 Å². The minimum atomic E-state index is 0.246. The van der Waals surface area contributed by atoms with Gasteiger partial charge in [-0.15, -0.1) is 11.3 Å². The van der Waals surface area contributed by atoms with Crippen molar-refractivity contribution in [3.05, 3.63) is 51.2 Å². The third-order valence-corrected chi connectivity index (χ3v) is 4.25. The number of hydrogen-bond acceptors (Lipinski definition) is 3. The SMILES string of the molecule is CCNC(Cc1ccc(Cl)s1)c1ccccc1OC. The largest absolute Gasteiger partial charge is 0.496 e. The summed E-state index contributed by atoms with van der Waals surface area (Å²) in [5, 5.41) is 3.51. The van der Waals surface area contributed by atoms with E-state index in [2.05, 4.69) is 24.4 Å². The molecule has 1 heterocycles. The van der Waals surface area contributed by atoms with E-state index >= 15 is 0 Å². The molecule has 0 aliphatic heterocycles. The Hall–Kier alpha value is -1.03. The fourth-order valence-corrected chi connectivity index (χ4v) is 3.29. The highest BCUT2D eigenvalue weighted by Gasteiger charge is 2.16. The maximum Gasteiger partial charge on any atom is 0.123 e. The summed E-state index contributed by atoms with van der Waals surface area (Å²) in [6, 6.07) is 12.4. The van der Waals surface area contributed by atoms with E-state index in [9.17, 15) is 0 Å². The van der Waals surface area contributed by atoms with Crippen LogP contribution in [0.2, 0.25) is 4.34 Å². The molecule has 0 amide bonds. The fraction of sp³-hybridized carbons (Fsp3) is 0.333. The average Bonchev–Trinajstić information content (AvgIpc) is 2.84. The number of likely N-dealkylation sites (N-methyl/N-ethyl adjacent to an activating group) is 1. The Morgan fingerprint density at radius 2 is 2.05 bits per heavy atom. The summed E-state index contributed by atoms with van der Waals surface area (Å²) in [5.41, 5.74) is 1.19. The predicted octanol–water partition coefficient (Wildman–Crippen LogP) is 4.30. The molecule has 19 heavy (non-hydrogen) atoms. The number of methoxy groups -OCH3 is 1. The highest BCUT2D eigenvalue weighted by Crippen LogP contribution is 2.30. The molecular weight excluding hydrogens is 278 g/mol. The maximum atomic E-state index is 6.00. The van der Waals surface area contributed by atoms with Gasteiger partial charge in [0, 0.05) is 22.9 Å². The quantitative estimate of drug-likeness (QED) is 0.858. The molecular formula is C15H18ClNOS. The standard InChI is InChI=1S/C15H18ClNOS/c1-3-17-13(10-11-8-9-15(16)19-11)12-6-4-5-7-14(12)18-2/h4-9,13,17H,3,10H2,1-2H3. The molecule has 1 N–H and O–H groups in total. The number of rotatable bonds is 6. The molecule has 1 aromatic carbocycles.